The molecule has 1 N–H and O–H groups in total. The molecule has 5 rings (SSSR count). The number of fused-ring (bicyclic) bond motifs is 1. The molecule has 154 valence electrons. The van der Waals surface area contributed by atoms with Gasteiger partial charge in [0.25, 0.3) is 11.8 Å². The first-order chi connectivity index (χ1) is 14.7. The predicted molar refractivity (Wildman–Crippen MR) is 113 cm³/mol. The van der Waals surface area contributed by atoms with Crippen molar-refractivity contribution in [3.05, 3.63) is 54.0 Å². The van der Waals surface area contributed by atoms with E-state index in [0.29, 0.717) is 17.2 Å². The Morgan fingerprint density at radius 1 is 1.03 bits per heavy atom. The standard InChI is InChI=1S/C23H25N5O2/c29-22(25-13-16-7-8-16)19-10-9-17(14-24-19)20-5-4-6-21-18(15-26-28(20)21)23(30)27-11-2-1-3-12-27/h4-6,9-10,14-16H,1-3,7-8,11-13H2,(H,25,29). The van der Waals surface area contributed by atoms with Crippen molar-refractivity contribution in [3.8, 4) is 11.3 Å². The van der Waals surface area contributed by atoms with Crippen molar-refractivity contribution in [2.75, 3.05) is 19.6 Å². The third-order valence-electron chi connectivity index (χ3n) is 5.96. The molecule has 0 atom stereocenters. The van der Waals surface area contributed by atoms with Gasteiger partial charge in [-0.25, -0.2) is 4.52 Å². The molecule has 0 aromatic carbocycles. The van der Waals surface area contributed by atoms with Crippen LogP contribution in [0.3, 0.4) is 0 Å². The third-order valence-corrected chi connectivity index (χ3v) is 5.96. The lowest BCUT2D eigenvalue weighted by Gasteiger charge is -2.26. The molecule has 2 aliphatic rings. The lowest BCUT2D eigenvalue weighted by Crippen LogP contribution is -2.35. The Bertz CT molecular complexity index is 1080. The molecule has 7 nitrogen and oxygen atoms in total. The van der Waals surface area contributed by atoms with E-state index in [1.807, 2.05) is 29.2 Å². The van der Waals surface area contributed by atoms with Crippen molar-refractivity contribution in [1.82, 2.24) is 24.8 Å². The van der Waals surface area contributed by atoms with Crippen LogP contribution in [-0.4, -0.2) is 50.9 Å². The van der Waals surface area contributed by atoms with Gasteiger partial charge in [0, 0.05) is 31.4 Å². The Hall–Kier alpha value is -3.22. The van der Waals surface area contributed by atoms with Crippen molar-refractivity contribution >= 4 is 17.3 Å². The highest BCUT2D eigenvalue weighted by atomic mass is 16.2. The zero-order valence-electron chi connectivity index (χ0n) is 16.9. The van der Waals surface area contributed by atoms with Gasteiger partial charge in [-0.05, 0) is 62.3 Å². The highest BCUT2D eigenvalue weighted by Gasteiger charge is 2.23. The van der Waals surface area contributed by atoms with E-state index < -0.39 is 0 Å². The number of carbonyl (C=O) groups excluding carboxylic acids is 2. The van der Waals surface area contributed by atoms with Crippen molar-refractivity contribution in [2.24, 2.45) is 5.92 Å². The van der Waals surface area contributed by atoms with E-state index >= 15 is 0 Å². The molecule has 1 aliphatic heterocycles. The maximum Gasteiger partial charge on any atom is 0.269 e. The number of pyridine rings is 2. The fourth-order valence-electron chi connectivity index (χ4n) is 3.99. The second kappa shape index (κ2) is 7.89. The van der Waals surface area contributed by atoms with Crippen LogP contribution in [0.1, 0.15) is 53.0 Å². The van der Waals surface area contributed by atoms with E-state index in [1.165, 1.54) is 19.3 Å². The van der Waals surface area contributed by atoms with Gasteiger partial charge in [0.1, 0.15) is 5.69 Å². The minimum Gasteiger partial charge on any atom is -0.350 e. The Labute approximate surface area is 175 Å². The molecule has 3 aromatic rings. The van der Waals surface area contributed by atoms with Crippen molar-refractivity contribution in [3.63, 3.8) is 0 Å². The van der Waals surface area contributed by atoms with Crippen LogP contribution in [0, 0.1) is 5.92 Å². The molecule has 0 unspecified atom stereocenters. The van der Waals surface area contributed by atoms with Gasteiger partial charge < -0.3 is 10.2 Å². The summed E-state index contributed by atoms with van der Waals surface area (Å²) in [5.41, 5.74) is 3.51. The van der Waals surface area contributed by atoms with E-state index in [2.05, 4.69) is 15.4 Å². The van der Waals surface area contributed by atoms with Crippen LogP contribution in [0.2, 0.25) is 0 Å². The normalized spacial score (nSPS) is 16.6. The van der Waals surface area contributed by atoms with Crippen LogP contribution in [0.5, 0.6) is 0 Å². The minimum absolute atomic E-state index is 0.0441. The number of likely N-dealkylation sites (tertiary alicyclic amines) is 1. The Morgan fingerprint density at radius 3 is 2.60 bits per heavy atom. The fraction of sp³-hybridized carbons (Fsp3) is 0.391. The van der Waals surface area contributed by atoms with Crippen molar-refractivity contribution in [2.45, 2.75) is 32.1 Å². The van der Waals surface area contributed by atoms with E-state index in [4.69, 9.17) is 0 Å². The molecule has 7 heteroatoms. The molecule has 2 amide bonds. The van der Waals surface area contributed by atoms with Crippen molar-refractivity contribution < 1.29 is 9.59 Å². The summed E-state index contributed by atoms with van der Waals surface area (Å²) >= 11 is 0. The number of nitrogens with one attached hydrogen (secondary N) is 1. The number of piperidine rings is 1. The number of nitrogens with zero attached hydrogens (tertiary/aromatic N) is 4. The maximum atomic E-state index is 13.0. The van der Waals surface area contributed by atoms with E-state index in [9.17, 15) is 9.59 Å². The first-order valence-corrected chi connectivity index (χ1v) is 10.7. The molecule has 2 fully saturated rings. The van der Waals surface area contributed by atoms with E-state index in [0.717, 1.165) is 49.2 Å². The number of aromatic nitrogens is 3. The first-order valence-electron chi connectivity index (χ1n) is 10.7. The smallest absolute Gasteiger partial charge is 0.269 e. The third kappa shape index (κ3) is 3.67. The number of hydrogen-bond acceptors (Lipinski definition) is 4. The summed E-state index contributed by atoms with van der Waals surface area (Å²) in [7, 11) is 0. The second-order valence-electron chi connectivity index (χ2n) is 8.20. The number of carbonyl (C=O) groups is 2. The average Bonchev–Trinajstić information content (AvgIpc) is 3.54. The highest BCUT2D eigenvalue weighted by molar-refractivity contribution is 6.01. The average molecular weight is 403 g/mol. The molecule has 1 saturated heterocycles. The molecule has 0 bridgehead atoms. The van der Waals surface area contributed by atoms with Gasteiger partial charge in [0.15, 0.2) is 0 Å². The Balaban J connectivity index is 1.39. The van der Waals surface area contributed by atoms with E-state index in [1.54, 1.807) is 23.0 Å². The van der Waals surface area contributed by atoms with Gasteiger partial charge in [-0.3, -0.25) is 14.6 Å². The van der Waals surface area contributed by atoms with Gasteiger partial charge in [0.2, 0.25) is 0 Å². The van der Waals surface area contributed by atoms with Crippen LogP contribution in [-0.2, 0) is 0 Å². The SMILES string of the molecule is O=C(NCC1CC1)c1ccc(-c2cccc3c(C(=O)N4CCCCC4)cnn23)cn1. The Morgan fingerprint density at radius 2 is 1.87 bits per heavy atom. The quantitative estimate of drug-likeness (QED) is 0.710. The molecule has 1 saturated carbocycles. The summed E-state index contributed by atoms with van der Waals surface area (Å²) in [6.45, 7) is 2.34. The predicted octanol–water partition coefficient (Wildman–Crippen LogP) is 3.16. The monoisotopic (exact) mass is 403 g/mol. The van der Waals surface area contributed by atoms with Gasteiger partial charge in [0.05, 0.1) is 23.0 Å². The molecule has 1 aliphatic carbocycles. The van der Waals surface area contributed by atoms with Crippen LogP contribution in [0.25, 0.3) is 16.8 Å². The summed E-state index contributed by atoms with van der Waals surface area (Å²) < 4.78 is 1.78. The molecule has 3 aromatic heterocycles. The zero-order valence-corrected chi connectivity index (χ0v) is 16.9. The van der Waals surface area contributed by atoms with Crippen LogP contribution < -0.4 is 5.32 Å². The van der Waals surface area contributed by atoms with Gasteiger partial charge in [-0.2, -0.15) is 5.10 Å². The van der Waals surface area contributed by atoms with Gasteiger partial charge in [-0.1, -0.05) is 6.07 Å². The number of hydrogen-bond donors (Lipinski definition) is 1. The molecular weight excluding hydrogens is 378 g/mol. The van der Waals surface area contributed by atoms with Crippen molar-refractivity contribution in [1.29, 1.82) is 0 Å². The lowest BCUT2D eigenvalue weighted by molar-refractivity contribution is 0.0726. The topological polar surface area (TPSA) is 79.6 Å². The highest BCUT2D eigenvalue weighted by Crippen LogP contribution is 2.27. The molecular formula is C23H25N5O2. The molecule has 30 heavy (non-hydrogen) atoms. The summed E-state index contributed by atoms with van der Waals surface area (Å²) in [6.07, 6.45) is 9.04. The maximum absolute atomic E-state index is 13.0. The largest absolute Gasteiger partial charge is 0.350 e. The minimum atomic E-state index is -0.139. The molecule has 0 spiro atoms. The lowest BCUT2D eigenvalue weighted by atomic mass is 10.1. The number of rotatable bonds is 5. The Kier molecular flexibility index (Phi) is 4.94. The second-order valence-corrected chi connectivity index (χ2v) is 8.20. The fourth-order valence-corrected chi connectivity index (χ4v) is 3.99. The van der Waals surface area contributed by atoms with Gasteiger partial charge in [-0.15, -0.1) is 0 Å². The van der Waals surface area contributed by atoms with Crippen LogP contribution in [0.15, 0.2) is 42.7 Å². The summed E-state index contributed by atoms with van der Waals surface area (Å²) in [4.78, 5) is 31.5. The van der Waals surface area contributed by atoms with Crippen LogP contribution >= 0.6 is 0 Å². The van der Waals surface area contributed by atoms with E-state index in [-0.39, 0.29) is 11.8 Å². The summed E-state index contributed by atoms with van der Waals surface area (Å²) in [5.74, 6) is 0.537. The molecule has 4 heterocycles. The molecule has 0 radical (unpaired) electrons. The zero-order chi connectivity index (χ0) is 20.5. The summed E-state index contributed by atoms with van der Waals surface area (Å²) in [6, 6.07) is 9.40. The van der Waals surface area contributed by atoms with Gasteiger partial charge >= 0.3 is 0 Å². The summed E-state index contributed by atoms with van der Waals surface area (Å²) in [5, 5.41) is 7.42. The number of amides is 2. The van der Waals surface area contributed by atoms with Crippen LogP contribution in [0.4, 0.5) is 0 Å². The first kappa shape index (κ1) is 18.8.